The lowest BCUT2D eigenvalue weighted by atomic mass is 10.2. The van der Waals surface area contributed by atoms with Crippen molar-refractivity contribution in [3.8, 4) is 0 Å². The van der Waals surface area contributed by atoms with Crippen LogP contribution in [0.15, 0.2) is 40.6 Å². The Labute approximate surface area is 167 Å². The monoisotopic (exact) mass is 441 g/mol. The summed E-state index contributed by atoms with van der Waals surface area (Å²) in [5.74, 6) is -2.18. The molecule has 0 spiro atoms. The first-order valence-electron chi connectivity index (χ1n) is 8.12. The number of nitrogens with zero attached hydrogens (tertiary/aromatic N) is 2. The molecule has 0 bridgehead atoms. The highest BCUT2D eigenvalue weighted by Gasteiger charge is 2.31. The fourth-order valence-electron chi connectivity index (χ4n) is 2.82. The smallest absolute Gasteiger partial charge is 0.267 e. The summed E-state index contributed by atoms with van der Waals surface area (Å²) in [4.78, 5) is 17.3. The molecule has 146 valence electrons. The lowest BCUT2D eigenvalue weighted by Gasteiger charge is -2.25. The molecule has 1 amide bonds. The van der Waals surface area contributed by atoms with Crippen LogP contribution in [-0.4, -0.2) is 30.2 Å². The molecule has 2 aromatic heterocycles. The lowest BCUT2D eigenvalue weighted by molar-refractivity contribution is 0.103. The third-order valence-corrected chi connectivity index (χ3v) is 7.82. The van der Waals surface area contributed by atoms with Gasteiger partial charge in [0.05, 0.1) is 22.0 Å². The summed E-state index contributed by atoms with van der Waals surface area (Å²) in [6.07, 6.45) is 0.345. The fraction of sp³-hybridized carbons (Fsp3) is 0.176. The maximum atomic E-state index is 13.4. The number of sulfonamides is 1. The number of fused-ring (bicyclic) bond motifs is 1. The van der Waals surface area contributed by atoms with Gasteiger partial charge in [0.25, 0.3) is 5.91 Å². The Bertz CT molecular complexity index is 1120. The third-order valence-electron chi connectivity index (χ3n) is 4.14. The SMILES string of the molecule is O=C(Nc1nc2c(s1)CN(S(=O)(=O)c1cc(F)cc(F)c1)CC2)c1cccs1. The molecule has 4 rings (SSSR count). The summed E-state index contributed by atoms with van der Waals surface area (Å²) < 4.78 is 53.5. The van der Waals surface area contributed by atoms with Gasteiger partial charge in [0.2, 0.25) is 10.0 Å². The molecule has 0 saturated heterocycles. The molecule has 0 atom stereocenters. The molecule has 3 aromatic rings. The minimum atomic E-state index is -4.05. The first kappa shape index (κ1) is 19.1. The Kier molecular flexibility index (Phi) is 5.00. The summed E-state index contributed by atoms with van der Waals surface area (Å²) in [6.45, 7) is 0.165. The molecule has 1 aromatic carbocycles. The number of rotatable bonds is 4. The molecule has 0 unspecified atom stereocenters. The number of benzene rings is 1. The Morgan fingerprint density at radius 1 is 1.21 bits per heavy atom. The van der Waals surface area contributed by atoms with Crippen LogP contribution in [0.2, 0.25) is 0 Å². The van der Waals surface area contributed by atoms with Crippen molar-refractivity contribution in [2.24, 2.45) is 0 Å². The van der Waals surface area contributed by atoms with Gasteiger partial charge in [0, 0.05) is 23.9 Å². The fourth-order valence-corrected chi connectivity index (χ4v) is 6.00. The minimum Gasteiger partial charge on any atom is -0.297 e. The van der Waals surface area contributed by atoms with Crippen molar-refractivity contribution in [3.05, 3.63) is 62.8 Å². The number of hydrogen-bond acceptors (Lipinski definition) is 6. The predicted octanol–water partition coefficient (Wildman–Crippen LogP) is 3.48. The zero-order valence-corrected chi connectivity index (χ0v) is 16.6. The third kappa shape index (κ3) is 3.70. The summed E-state index contributed by atoms with van der Waals surface area (Å²) in [6, 6.07) is 5.68. The number of nitrogens with one attached hydrogen (secondary N) is 1. The highest BCUT2D eigenvalue weighted by molar-refractivity contribution is 7.89. The van der Waals surface area contributed by atoms with Gasteiger partial charge in [-0.15, -0.1) is 22.7 Å². The first-order chi connectivity index (χ1) is 13.3. The van der Waals surface area contributed by atoms with E-state index in [4.69, 9.17) is 0 Å². The van der Waals surface area contributed by atoms with Crippen molar-refractivity contribution in [3.63, 3.8) is 0 Å². The van der Waals surface area contributed by atoms with Crippen LogP contribution in [0.4, 0.5) is 13.9 Å². The van der Waals surface area contributed by atoms with Crippen LogP contribution in [0.1, 0.15) is 20.2 Å². The van der Waals surface area contributed by atoms with Gasteiger partial charge in [0.15, 0.2) is 5.13 Å². The number of thiazole rings is 1. The normalized spacial score (nSPS) is 14.6. The number of hydrogen-bond donors (Lipinski definition) is 1. The lowest BCUT2D eigenvalue weighted by Crippen LogP contribution is -2.35. The van der Waals surface area contributed by atoms with Gasteiger partial charge in [-0.05, 0) is 23.6 Å². The standard InChI is InChI=1S/C17H13F2N3O3S3/c18-10-6-11(19)8-12(7-10)28(24,25)22-4-3-13-15(9-22)27-17(20-13)21-16(23)14-2-1-5-26-14/h1-2,5-8H,3-4,9H2,(H,20,21,23). The average Bonchev–Trinajstić information content (AvgIpc) is 3.29. The molecular weight excluding hydrogens is 428 g/mol. The summed E-state index contributed by atoms with van der Waals surface area (Å²) in [5, 5.41) is 4.89. The van der Waals surface area contributed by atoms with E-state index in [0.29, 0.717) is 33.1 Å². The van der Waals surface area contributed by atoms with E-state index in [9.17, 15) is 22.0 Å². The molecular formula is C17H13F2N3O3S3. The quantitative estimate of drug-likeness (QED) is 0.672. The molecule has 1 aliphatic heterocycles. The first-order valence-corrected chi connectivity index (χ1v) is 11.3. The van der Waals surface area contributed by atoms with Crippen LogP contribution in [0, 0.1) is 11.6 Å². The van der Waals surface area contributed by atoms with Gasteiger partial charge in [-0.3, -0.25) is 10.1 Å². The second-order valence-corrected chi connectivity index (χ2v) is 9.98. The number of thiophene rings is 1. The number of carbonyl (C=O) groups excluding carboxylic acids is 1. The largest absolute Gasteiger partial charge is 0.297 e. The molecule has 0 saturated carbocycles. The molecule has 11 heteroatoms. The van der Waals surface area contributed by atoms with Crippen molar-refractivity contribution in [2.75, 3.05) is 11.9 Å². The molecule has 0 radical (unpaired) electrons. The Morgan fingerprint density at radius 3 is 2.64 bits per heavy atom. The van der Waals surface area contributed by atoms with E-state index >= 15 is 0 Å². The molecule has 1 aliphatic rings. The summed E-state index contributed by atoms with van der Waals surface area (Å²) in [5.41, 5.74) is 0.711. The van der Waals surface area contributed by atoms with Crippen molar-refractivity contribution < 1.29 is 22.0 Å². The zero-order chi connectivity index (χ0) is 19.9. The van der Waals surface area contributed by atoms with Crippen LogP contribution < -0.4 is 5.32 Å². The highest BCUT2D eigenvalue weighted by Crippen LogP contribution is 2.31. The number of carbonyl (C=O) groups is 1. The van der Waals surface area contributed by atoms with Crippen molar-refractivity contribution in [1.29, 1.82) is 0 Å². The van der Waals surface area contributed by atoms with Crippen LogP contribution in [0.25, 0.3) is 0 Å². The van der Waals surface area contributed by atoms with Crippen molar-refractivity contribution in [2.45, 2.75) is 17.9 Å². The van der Waals surface area contributed by atoms with E-state index in [-0.39, 0.29) is 19.0 Å². The number of aromatic nitrogens is 1. The van der Waals surface area contributed by atoms with Crippen molar-refractivity contribution in [1.82, 2.24) is 9.29 Å². The maximum Gasteiger partial charge on any atom is 0.267 e. The van der Waals surface area contributed by atoms with Gasteiger partial charge < -0.3 is 0 Å². The van der Waals surface area contributed by atoms with E-state index in [0.717, 1.165) is 16.4 Å². The van der Waals surface area contributed by atoms with E-state index in [1.807, 2.05) is 0 Å². The van der Waals surface area contributed by atoms with E-state index in [2.05, 4.69) is 10.3 Å². The van der Waals surface area contributed by atoms with Crippen LogP contribution in [0.5, 0.6) is 0 Å². The molecule has 0 fully saturated rings. The molecule has 3 heterocycles. The second-order valence-electron chi connectivity index (χ2n) is 6.01. The molecule has 1 N–H and O–H groups in total. The maximum absolute atomic E-state index is 13.4. The summed E-state index contributed by atoms with van der Waals surface area (Å²) in [7, 11) is -4.05. The van der Waals surface area contributed by atoms with Gasteiger partial charge in [-0.1, -0.05) is 6.07 Å². The van der Waals surface area contributed by atoms with Crippen LogP contribution in [0.3, 0.4) is 0 Å². The predicted molar refractivity (Wildman–Crippen MR) is 102 cm³/mol. The summed E-state index contributed by atoms with van der Waals surface area (Å²) >= 11 is 2.49. The highest BCUT2D eigenvalue weighted by atomic mass is 32.2. The minimum absolute atomic E-state index is 0.0301. The second kappa shape index (κ2) is 7.32. The van der Waals surface area contributed by atoms with Crippen LogP contribution in [-0.2, 0) is 23.0 Å². The number of amides is 1. The van der Waals surface area contributed by atoms with Gasteiger partial charge in [0.1, 0.15) is 11.6 Å². The van der Waals surface area contributed by atoms with Crippen LogP contribution >= 0.6 is 22.7 Å². The average molecular weight is 442 g/mol. The zero-order valence-electron chi connectivity index (χ0n) is 14.2. The Balaban J connectivity index is 1.55. The van der Waals surface area contributed by atoms with E-state index < -0.39 is 26.6 Å². The molecule has 0 aliphatic carbocycles. The number of halogens is 2. The Hall–Kier alpha value is -2.21. The molecule has 6 nitrogen and oxygen atoms in total. The van der Waals surface area contributed by atoms with Gasteiger partial charge in [-0.2, -0.15) is 4.31 Å². The number of anilines is 1. The molecule has 28 heavy (non-hydrogen) atoms. The van der Waals surface area contributed by atoms with E-state index in [1.165, 1.54) is 22.7 Å². The van der Waals surface area contributed by atoms with Crippen molar-refractivity contribution >= 4 is 43.7 Å². The van der Waals surface area contributed by atoms with Gasteiger partial charge >= 0.3 is 0 Å². The Morgan fingerprint density at radius 2 is 1.96 bits per heavy atom. The topological polar surface area (TPSA) is 79.4 Å². The van der Waals surface area contributed by atoms with Gasteiger partial charge in [-0.25, -0.2) is 22.2 Å². The van der Waals surface area contributed by atoms with E-state index in [1.54, 1.807) is 17.5 Å².